The molecule has 1 heterocycles. The average molecular weight is 273 g/mol. The van der Waals surface area contributed by atoms with Crippen molar-refractivity contribution in [3.63, 3.8) is 0 Å². The Hall–Kier alpha value is -1.59. The molecule has 1 aliphatic rings. The van der Waals surface area contributed by atoms with Gasteiger partial charge >= 0.3 is 12.1 Å². The van der Waals surface area contributed by atoms with E-state index < -0.39 is 23.7 Å². The number of nitrogens with zero attached hydrogens (tertiary/aromatic N) is 1. The molecular weight excluding hydrogens is 250 g/mol. The number of hydrogen-bond donors (Lipinski definition) is 0. The summed E-state index contributed by atoms with van der Waals surface area (Å²) < 4.78 is 9.67. The Morgan fingerprint density at radius 1 is 1.26 bits per heavy atom. The topological polar surface area (TPSA) is 72.9 Å². The van der Waals surface area contributed by atoms with Gasteiger partial charge in [-0.1, -0.05) is 13.8 Å². The van der Waals surface area contributed by atoms with E-state index in [1.807, 2.05) is 13.8 Å². The van der Waals surface area contributed by atoms with Crippen molar-refractivity contribution in [2.45, 2.75) is 52.7 Å². The highest BCUT2D eigenvalue weighted by Gasteiger charge is 2.41. The van der Waals surface area contributed by atoms with Crippen LogP contribution in [0.2, 0.25) is 0 Å². The molecule has 1 unspecified atom stereocenters. The molecule has 0 aromatic rings. The van der Waals surface area contributed by atoms with Crippen LogP contribution in [0.1, 0.15) is 41.0 Å². The van der Waals surface area contributed by atoms with Gasteiger partial charge in [0.25, 0.3) is 0 Å². The summed E-state index contributed by atoms with van der Waals surface area (Å²) in [5, 5.41) is 0. The second-order valence-electron chi connectivity index (χ2n) is 4.89. The van der Waals surface area contributed by atoms with Gasteiger partial charge in [-0.2, -0.15) is 0 Å². The van der Waals surface area contributed by atoms with Crippen molar-refractivity contribution < 1.29 is 23.9 Å². The van der Waals surface area contributed by atoms with Crippen LogP contribution in [0.15, 0.2) is 0 Å². The maximum absolute atomic E-state index is 11.8. The highest BCUT2D eigenvalue weighted by Crippen LogP contribution is 2.19. The Labute approximate surface area is 114 Å². The summed E-state index contributed by atoms with van der Waals surface area (Å²) in [7, 11) is 1.22. The van der Waals surface area contributed by atoms with Crippen LogP contribution in [0.3, 0.4) is 0 Å². The number of likely N-dealkylation sites (tertiary alicyclic amines) is 1. The van der Waals surface area contributed by atoms with Gasteiger partial charge in [-0.15, -0.1) is 0 Å². The molecule has 1 amide bonds. The van der Waals surface area contributed by atoms with Gasteiger partial charge in [0.05, 0.1) is 13.7 Å². The molecule has 0 aliphatic carbocycles. The lowest BCUT2D eigenvalue weighted by Crippen LogP contribution is -2.43. The molecule has 19 heavy (non-hydrogen) atoms. The normalized spacial score (nSPS) is 18.5. The predicted octanol–water partition coefficient (Wildman–Crippen LogP) is 1.76. The number of carbonyl (C=O) groups is 3. The summed E-state index contributed by atoms with van der Waals surface area (Å²) in [4.78, 5) is 35.6. The zero-order valence-corrected chi connectivity index (χ0v) is 12.5. The van der Waals surface area contributed by atoms with Gasteiger partial charge in [-0.25, -0.2) is 9.59 Å². The molecule has 1 aliphatic heterocycles. The molecule has 0 bridgehead atoms. The maximum Gasteiger partial charge on any atom is 0.411 e. The van der Waals surface area contributed by atoms with E-state index in [0.717, 1.165) is 4.90 Å². The smallest absolute Gasteiger partial charge is 0.411 e. The molecule has 1 atom stereocenters. The molecule has 0 N–H and O–H groups in total. The van der Waals surface area contributed by atoms with Crippen molar-refractivity contribution in [2.75, 3.05) is 13.7 Å². The van der Waals surface area contributed by atoms with E-state index >= 15 is 0 Å². The predicted molar refractivity (Wildman–Crippen MR) is 69.7 cm³/mol. The van der Waals surface area contributed by atoms with E-state index in [1.165, 1.54) is 7.11 Å². The zero-order valence-electron chi connectivity index (χ0n) is 12.5. The first-order valence-corrected chi connectivity index (χ1v) is 6.34. The number of ether oxygens (including phenoxy) is 2. The molecule has 1 fully saturated rings. The Morgan fingerprint density at radius 3 is 2.21 bits per heavy atom. The second kappa shape index (κ2) is 7.11. The molecule has 0 radical (unpaired) electrons. The van der Waals surface area contributed by atoms with Crippen LogP contribution < -0.4 is 0 Å². The van der Waals surface area contributed by atoms with Crippen LogP contribution in [-0.2, 0) is 19.1 Å². The fraction of sp³-hybridized carbons (Fsp3) is 0.769. The first-order chi connectivity index (χ1) is 8.74. The van der Waals surface area contributed by atoms with Crippen molar-refractivity contribution in [2.24, 2.45) is 0 Å². The Bertz CT molecular complexity index is 345. The van der Waals surface area contributed by atoms with E-state index in [-0.39, 0.29) is 18.7 Å². The molecule has 1 rings (SSSR count). The maximum atomic E-state index is 11.8. The fourth-order valence-corrected chi connectivity index (χ4v) is 1.55. The van der Waals surface area contributed by atoms with Crippen LogP contribution in [0.5, 0.6) is 0 Å². The Kier molecular flexibility index (Phi) is 6.52. The molecular formula is C13H23NO5. The zero-order chi connectivity index (χ0) is 15.2. The van der Waals surface area contributed by atoms with Crippen molar-refractivity contribution in [3.05, 3.63) is 0 Å². The standard InChI is InChI=1S/C11H17NO5.C2H6/c1-11(2,3)17-10(15)12-6-7(13)5-8(12)9(14)16-4;1-2/h8H,5-6H2,1-4H3;1-2H3. The van der Waals surface area contributed by atoms with Crippen LogP contribution in [0.4, 0.5) is 4.79 Å². The number of rotatable bonds is 1. The van der Waals surface area contributed by atoms with Crippen molar-refractivity contribution in [1.82, 2.24) is 4.90 Å². The summed E-state index contributed by atoms with van der Waals surface area (Å²) in [6, 6.07) is -0.859. The van der Waals surface area contributed by atoms with Gasteiger partial charge in [-0.05, 0) is 20.8 Å². The third-order valence-electron chi connectivity index (χ3n) is 2.25. The van der Waals surface area contributed by atoms with Crippen molar-refractivity contribution >= 4 is 17.8 Å². The number of esters is 1. The quantitative estimate of drug-likeness (QED) is 0.681. The number of carbonyl (C=O) groups excluding carboxylic acids is 3. The number of amides is 1. The third-order valence-corrected chi connectivity index (χ3v) is 2.25. The lowest BCUT2D eigenvalue weighted by molar-refractivity contribution is -0.145. The molecule has 0 saturated carbocycles. The van der Waals surface area contributed by atoms with Gasteiger partial charge < -0.3 is 9.47 Å². The molecule has 0 aromatic carbocycles. The van der Waals surface area contributed by atoms with E-state index in [2.05, 4.69) is 4.74 Å². The van der Waals surface area contributed by atoms with Crippen molar-refractivity contribution in [1.29, 1.82) is 0 Å². The van der Waals surface area contributed by atoms with Crippen molar-refractivity contribution in [3.8, 4) is 0 Å². The van der Waals surface area contributed by atoms with Gasteiger partial charge in [0, 0.05) is 6.42 Å². The fourth-order valence-electron chi connectivity index (χ4n) is 1.55. The largest absolute Gasteiger partial charge is 0.467 e. The summed E-state index contributed by atoms with van der Waals surface area (Å²) in [5.41, 5.74) is -0.663. The van der Waals surface area contributed by atoms with Crippen LogP contribution in [0, 0.1) is 0 Å². The van der Waals surface area contributed by atoms with Gasteiger partial charge in [-0.3, -0.25) is 9.69 Å². The van der Waals surface area contributed by atoms with Crippen LogP contribution in [-0.4, -0.2) is 48.0 Å². The first-order valence-electron chi connectivity index (χ1n) is 6.34. The minimum absolute atomic E-state index is 0.00802. The second-order valence-corrected chi connectivity index (χ2v) is 4.89. The lowest BCUT2D eigenvalue weighted by atomic mass is 10.2. The number of Topliss-reactive ketones (excluding diaryl/α,β-unsaturated/α-hetero) is 1. The number of ketones is 1. The Morgan fingerprint density at radius 2 is 1.79 bits per heavy atom. The molecule has 0 spiro atoms. The molecule has 1 saturated heterocycles. The van der Waals surface area contributed by atoms with Gasteiger partial charge in [0.2, 0.25) is 0 Å². The van der Waals surface area contributed by atoms with Gasteiger partial charge in [0.15, 0.2) is 5.78 Å². The summed E-state index contributed by atoms with van der Waals surface area (Å²) in [6.07, 6.45) is -0.676. The number of hydrogen-bond acceptors (Lipinski definition) is 5. The lowest BCUT2D eigenvalue weighted by Gasteiger charge is -2.26. The minimum Gasteiger partial charge on any atom is -0.467 e. The highest BCUT2D eigenvalue weighted by atomic mass is 16.6. The summed E-state index contributed by atoms with van der Waals surface area (Å²) >= 11 is 0. The Balaban J connectivity index is 0.00000154. The van der Waals surface area contributed by atoms with Gasteiger partial charge in [0.1, 0.15) is 11.6 Å². The van der Waals surface area contributed by atoms with E-state index in [0.29, 0.717) is 0 Å². The summed E-state index contributed by atoms with van der Waals surface area (Å²) in [6.45, 7) is 9.05. The van der Waals surface area contributed by atoms with E-state index in [4.69, 9.17) is 4.74 Å². The monoisotopic (exact) mass is 273 g/mol. The average Bonchev–Trinajstić information content (AvgIpc) is 2.71. The van der Waals surface area contributed by atoms with E-state index in [1.54, 1.807) is 20.8 Å². The first kappa shape index (κ1) is 17.4. The highest BCUT2D eigenvalue weighted by molar-refractivity contribution is 5.95. The third kappa shape index (κ3) is 5.28. The number of methoxy groups -OCH3 is 1. The summed E-state index contributed by atoms with van der Waals surface area (Å²) in [5.74, 6) is -0.770. The molecule has 6 heteroatoms. The SMILES string of the molecule is CC.COC(=O)C1CC(=O)CN1C(=O)OC(C)(C)C. The van der Waals surface area contributed by atoms with Crippen LogP contribution >= 0.6 is 0 Å². The van der Waals surface area contributed by atoms with E-state index in [9.17, 15) is 14.4 Å². The van der Waals surface area contributed by atoms with Crippen LogP contribution in [0.25, 0.3) is 0 Å². The molecule has 6 nitrogen and oxygen atoms in total. The molecule has 0 aromatic heterocycles. The minimum atomic E-state index is -0.859. The molecule has 110 valence electrons.